The van der Waals surface area contributed by atoms with E-state index in [1.54, 1.807) is 0 Å². The molecule has 1 N–H and O–H groups in total. The molecular weight excluding hydrogens is 230 g/mol. The maximum atomic E-state index is 4.80. The van der Waals surface area contributed by atoms with Crippen molar-refractivity contribution >= 4 is 16.9 Å². The Labute approximate surface area is 108 Å². The second kappa shape index (κ2) is 4.81. The lowest BCUT2D eigenvalue weighted by atomic mass is 9.89. The summed E-state index contributed by atoms with van der Waals surface area (Å²) >= 11 is 1.97. The number of aliphatic imine (C=N–C) groups is 1. The minimum Gasteiger partial charge on any atom is -0.361 e. The SMILES string of the molecule is CN1CCC(NC2=NCC3(CCCC3)CS2)C1. The van der Waals surface area contributed by atoms with Gasteiger partial charge < -0.3 is 10.2 Å². The van der Waals surface area contributed by atoms with Crippen LogP contribution in [0.2, 0.25) is 0 Å². The molecule has 3 aliphatic rings. The monoisotopic (exact) mass is 253 g/mol. The number of nitrogens with zero attached hydrogens (tertiary/aromatic N) is 2. The topological polar surface area (TPSA) is 27.6 Å². The lowest BCUT2D eigenvalue weighted by Crippen LogP contribution is -2.39. The highest BCUT2D eigenvalue weighted by molar-refractivity contribution is 8.13. The molecule has 2 aliphatic heterocycles. The lowest BCUT2D eigenvalue weighted by molar-refractivity contribution is 0.357. The second-order valence-corrected chi connectivity index (χ2v) is 6.97. The Morgan fingerprint density at radius 3 is 2.82 bits per heavy atom. The van der Waals surface area contributed by atoms with Gasteiger partial charge in [-0.3, -0.25) is 4.99 Å². The number of rotatable bonds is 1. The molecule has 0 aromatic heterocycles. The van der Waals surface area contributed by atoms with E-state index >= 15 is 0 Å². The first-order valence-corrected chi connectivity index (χ1v) is 7.87. The highest BCUT2D eigenvalue weighted by atomic mass is 32.2. The zero-order valence-corrected chi connectivity index (χ0v) is 11.6. The Hall–Kier alpha value is -0.220. The minimum atomic E-state index is 0.572. The summed E-state index contributed by atoms with van der Waals surface area (Å²) in [7, 11) is 2.20. The summed E-state index contributed by atoms with van der Waals surface area (Å²) in [5.74, 6) is 1.29. The normalized spacial score (nSPS) is 33.0. The van der Waals surface area contributed by atoms with Gasteiger partial charge in [0.15, 0.2) is 5.17 Å². The Balaban J connectivity index is 1.54. The fourth-order valence-corrected chi connectivity index (χ4v) is 4.52. The fraction of sp³-hybridized carbons (Fsp3) is 0.923. The molecule has 3 rings (SSSR count). The van der Waals surface area contributed by atoms with Gasteiger partial charge in [0, 0.05) is 24.9 Å². The fourth-order valence-electron chi connectivity index (χ4n) is 3.29. The van der Waals surface area contributed by atoms with Gasteiger partial charge in [-0.2, -0.15) is 0 Å². The Morgan fingerprint density at radius 1 is 1.41 bits per heavy atom. The van der Waals surface area contributed by atoms with E-state index in [0.717, 1.165) is 6.54 Å². The number of likely N-dealkylation sites (tertiary alicyclic amines) is 1. The zero-order chi connectivity index (χ0) is 11.7. The number of likely N-dealkylation sites (N-methyl/N-ethyl adjacent to an activating group) is 1. The van der Waals surface area contributed by atoms with E-state index in [4.69, 9.17) is 4.99 Å². The molecule has 1 spiro atoms. The van der Waals surface area contributed by atoms with Crippen LogP contribution in [0, 0.1) is 5.41 Å². The second-order valence-electron chi connectivity index (χ2n) is 6.01. The number of hydrogen-bond acceptors (Lipinski definition) is 4. The van der Waals surface area contributed by atoms with E-state index in [1.807, 2.05) is 11.8 Å². The van der Waals surface area contributed by atoms with Crippen LogP contribution in [0.25, 0.3) is 0 Å². The largest absolute Gasteiger partial charge is 0.361 e. The molecule has 1 saturated carbocycles. The van der Waals surface area contributed by atoms with E-state index in [1.165, 1.54) is 56.1 Å². The highest BCUT2D eigenvalue weighted by Crippen LogP contribution is 2.43. The van der Waals surface area contributed by atoms with Crippen molar-refractivity contribution in [3.8, 4) is 0 Å². The molecule has 17 heavy (non-hydrogen) atoms. The van der Waals surface area contributed by atoms with E-state index in [2.05, 4.69) is 17.3 Å². The van der Waals surface area contributed by atoms with Crippen LogP contribution in [0.4, 0.5) is 0 Å². The molecule has 0 bridgehead atoms. The highest BCUT2D eigenvalue weighted by Gasteiger charge is 2.36. The molecule has 2 heterocycles. The standard InChI is InChI=1S/C13H23N3S/c1-16-7-4-11(8-16)15-12-14-9-13(10-17-12)5-2-3-6-13/h11H,2-10H2,1H3,(H,14,15). The van der Waals surface area contributed by atoms with Gasteiger partial charge in [-0.15, -0.1) is 0 Å². The van der Waals surface area contributed by atoms with Crippen LogP contribution in [-0.2, 0) is 0 Å². The van der Waals surface area contributed by atoms with Gasteiger partial charge in [-0.05, 0) is 38.3 Å². The maximum absolute atomic E-state index is 4.80. The predicted molar refractivity (Wildman–Crippen MR) is 74.7 cm³/mol. The van der Waals surface area contributed by atoms with Gasteiger partial charge in [0.2, 0.25) is 0 Å². The molecule has 1 atom stereocenters. The summed E-state index contributed by atoms with van der Waals surface area (Å²) in [5, 5.41) is 4.84. The number of amidine groups is 1. The third kappa shape index (κ3) is 2.63. The third-order valence-corrected chi connectivity index (χ3v) is 5.73. The number of nitrogens with one attached hydrogen (secondary N) is 1. The van der Waals surface area contributed by atoms with Gasteiger partial charge in [-0.1, -0.05) is 24.6 Å². The molecule has 0 amide bonds. The van der Waals surface area contributed by atoms with Gasteiger partial charge in [0.1, 0.15) is 0 Å². The molecular formula is C13H23N3S. The Morgan fingerprint density at radius 2 is 2.24 bits per heavy atom. The van der Waals surface area contributed by atoms with Crippen LogP contribution in [0.1, 0.15) is 32.1 Å². The lowest BCUT2D eigenvalue weighted by Gasteiger charge is -2.31. The molecule has 0 radical (unpaired) electrons. The summed E-state index contributed by atoms with van der Waals surface area (Å²) in [6.07, 6.45) is 6.92. The van der Waals surface area contributed by atoms with E-state index in [-0.39, 0.29) is 0 Å². The average molecular weight is 253 g/mol. The molecule has 1 aliphatic carbocycles. The molecule has 0 aromatic rings. The molecule has 96 valence electrons. The predicted octanol–water partition coefficient (Wildman–Crippen LogP) is 1.94. The summed E-state index contributed by atoms with van der Waals surface area (Å²) in [6, 6.07) is 0.629. The molecule has 3 nitrogen and oxygen atoms in total. The first-order valence-electron chi connectivity index (χ1n) is 6.88. The van der Waals surface area contributed by atoms with Crippen LogP contribution in [-0.4, -0.2) is 48.5 Å². The smallest absolute Gasteiger partial charge is 0.156 e. The molecule has 2 fully saturated rings. The Bertz CT molecular complexity index is 310. The van der Waals surface area contributed by atoms with Crippen molar-refractivity contribution in [1.29, 1.82) is 0 Å². The van der Waals surface area contributed by atoms with Crippen LogP contribution in [0.3, 0.4) is 0 Å². The third-order valence-electron chi connectivity index (χ3n) is 4.46. The van der Waals surface area contributed by atoms with Gasteiger partial charge in [-0.25, -0.2) is 0 Å². The van der Waals surface area contributed by atoms with Crippen molar-refractivity contribution in [3.63, 3.8) is 0 Å². The van der Waals surface area contributed by atoms with Crippen LogP contribution in [0.15, 0.2) is 4.99 Å². The van der Waals surface area contributed by atoms with E-state index < -0.39 is 0 Å². The van der Waals surface area contributed by atoms with Gasteiger partial charge >= 0.3 is 0 Å². The first kappa shape index (κ1) is 11.8. The van der Waals surface area contributed by atoms with E-state index in [0.29, 0.717) is 11.5 Å². The van der Waals surface area contributed by atoms with Crippen molar-refractivity contribution in [3.05, 3.63) is 0 Å². The first-order chi connectivity index (χ1) is 8.26. The summed E-state index contributed by atoms with van der Waals surface area (Å²) in [5.41, 5.74) is 0.572. The molecule has 1 unspecified atom stereocenters. The maximum Gasteiger partial charge on any atom is 0.156 e. The van der Waals surface area contributed by atoms with E-state index in [9.17, 15) is 0 Å². The van der Waals surface area contributed by atoms with Crippen molar-refractivity contribution in [2.45, 2.75) is 38.1 Å². The summed E-state index contributed by atoms with van der Waals surface area (Å²) < 4.78 is 0. The van der Waals surface area contributed by atoms with Crippen molar-refractivity contribution < 1.29 is 0 Å². The number of hydrogen-bond donors (Lipinski definition) is 1. The van der Waals surface area contributed by atoms with Crippen LogP contribution < -0.4 is 5.32 Å². The van der Waals surface area contributed by atoms with Crippen molar-refractivity contribution in [2.75, 3.05) is 32.4 Å². The summed E-state index contributed by atoms with van der Waals surface area (Å²) in [4.78, 5) is 7.20. The Kier molecular flexibility index (Phi) is 3.35. The van der Waals surface area contributed by atoms with Gasteiger partial charge in [0.25, 0.3) is 0 Å². The van der Waals surface area contributed by atoms with Crippen LogP contribution >= 0.6 is 11.8 Å². The van der Waals surface area contributed by atoms with Crippen LogP contribution in [0.5, 0.6) is 0 Å². The average Bonchev–Trinajstić information content (AvgIpc) is 2.93. The minimum absolute atomic E-state index is 0.572. The summed E-state index contributed by atoms with van der Waals surface area (Å²) in [6.45, 7) is 3.47. The molecule has 0 aromatic carbocycles. The van der Waals surface area contributed by atoms with Crippen molar-refractivity contribution in [1.82, 2.24) is 10.2 Å². The molecule has 4 heteroatoms. The molecule has 1 saturated heterocycles. The van der Waals surface area contributed by atoms with Crippen molar-refractivity contribution in [2.24, 2.45) is 10.4 Å². The van der Waals surface area contributed by atoms with Gasteiger partial charge in [0.05, 0.1) is 0 Å². The zero-order valence-electron chi connectivity index (χ0n) is 10.7. The quantitative estimate of drug-likeness (QED) is 0.774. The number of thioether (sulfide) groups is 1.